The fraction of sp³-hybridized carbons (Fsp3) is 0.444. The van der Waals surface area contributed by atoms with Crippen LogP contribution in [0.25, 0.3) is 0 Å². The van der Waals surface area contributed by atoms with Gasteiger partial charge in [-0.05, 0) is 12.1 Å². The molecule has 0 amide bonds. The molecule has 0 atom stereocenters. The monoisotopic (exact) mass is 183 g/mol. The first-order valence-corrected chi connectivity index (χ1v) is 4.17. The molecule has 0 aromatic carbocycles. The van der Waals surface area contributed by atoms with Gasteiger partial charge in [0.15, 0.2) is 0 Å². The molecule has 0 radical (unpaired) electrons. The summed E-state index contributed by atoms with van der Waals surface area (Å²) in [5.41, 5.74) is 0.667. The van der Waals surface area contributed by atoms with E-state index in [4.69, 9.17) is 14.9 Å². The number of aliphatic hydroxyl groups excluding tert-OH is 2. The van der Waals surface area contributed by atoms with Gasteiger partial charge in [-0.25, -0.2) is 4.98 Å². The second-order valence-electron chi connectivity index (χ2n) is 2.55. The van der Waals surface area contributed by atoms with Crippen molar-refractivity contribution in [1.82, 2.24) is 4.98 Å². The molecule has 0 fully saturated rings. The number of aliphatic hydroxyl groups is 2. The smallest absolute Gasteiger partial charge is 0.218 e. The molecular formula is C9H13NO3. The van der Waals surface area contributed by atoms with Crippen LogP contribution >= 0.6 is 0 Å². The first kappa shape index (κ1) is 9.95. The van der Waals surface area contributed by atoms with E-state index in [0.29, 0.717) is 24.5 Å². The lowest BCUT2D eigenvalue weighted by molar-refractivity contribution is 0.221. The van der Waals surface area contributed by atoms with Crippen LogP contribution in [0, 0.1) is 0 Å². The Kier molecular flexibility index (Phi) is 4.21. The largest absolute Gasteiger partial charge is 0.477 e. The lowest BCUT2D eigenvalue weighted by atomic mass is 10.3. The minimum atomic E-state index is -0.0811. The summed E-state index contributed by atoms with van der Waals surface area (Å²) in [6.45, 7) is 0.435. The molecular weight excluding hydrogens is 170 g/mol. The van der Waals surface area contributed by atoms with Crippen LogP contribution < -0.4 is 4.74 Å². The molecule has 72 valence electrons. The molecule has 0 aliphatic heterocycles. The van der Waals surface area contributed by atoms with Gasteiger partial charge in [0.05, 0.1) is 13.2 Å². The molecule has 1 rings (SSSR count). The average molecular weight is 183 g/mol. The second-order valence-corrected chi connectivity index (χ2v) is 2.55. The van der Waals surface area contributed by atoms with Crippen molar-refractivity contribution in [3.8, 4) is 5.88 Å². The van der Waals surface area contributed by atoms with Gasteiger partial charge < -0.3 is 14.9 Å². The van der Waals surface area contributed by atoms with Crippen LogP contribution in [-0.2, 0) is 6.61 Å². The van der Waals surface area contributed by atoms with Crippen molar-refractivity contribution in [3.05, 3.63) is 23.9 Å². The fourth-order valence-electron chi connectivity index (χ4n) is 0.908. The summed E-state index contributed by atoms with van der Waals surface area (Å²) in [6, 6.07) is 3.49. The Hall–Kier alpha value is -1.13. The second kappa shape index (κ2) is 5.50. The summed E-state index contributed by atoms with van der Waals surface area (Å²) >= 11 is 0. The van der Waals surface area contributed by atoms with E-state index in [1.165, 1.54) is 0 Å². The van der Waals surface area contributed by atoms with Crippen LogP contribution in [0.1, 0.15) is 12.0 Å². The highest BCUT2D eigenvalue weighted by Crippen LogP contribution is 2.13. The predicted molar refractivity (Wildman–Crippen MR) is 47.4 cm³/mol. The molecule has 0 aliphatic rings. The van der Waals surface area contributed by atoms with Crippen molar-refractivity contribution in [2.75, 3.05) is 13.2 Å². The minimum Gasteiger partial charge on any atom is -0.477 e. The topological polar surface area (TPSA) is 62.6 Å². The van der Waals surface area contributed by atoms with E-state index in [0.717, 1.165) is 0 Å². The third-order valence-electron chi connectivity index (χ3n) is 1.56. The van der Waals surface area contributed by atoms with Crippen molar-refractivity contribution in [2.24, 2.45) is 0 Å². The molecule has 1 aromatic heterocycles. The number of hydrogen-bond acceptors (Lipinski definition) is 4. The molecule has 0 aliphatic carbocycles. The Morgan fingerprint density at radius 2 is 2.23 bits per heavy atom. The molecule has 0 spiro atoms. The summed E-state index contributed by atoms with van der Waals surface area (Å²) in [5, 5.41) is 17.4. The molecule has 1 heterocycles. The van der Waals surface area contributed by atoms with Gasteiger partial charge in [0.2, 0.25) is 5.88 Å². The van der Waals surface area contributed by atoms with Gasteiger partial charge in [-0.15, -0.1) is 0 Å². The van der Waals surface area contributed by atoms with Gasteiger partial charge in [-0.1, -0.05) is 0 Å². The number of ether oxygens (including phenoxy) is 1. The highest BCUT2D eigenvalue weighted by Gasteiger charge is 2.01. The van der Waals surface area contributed by atoms with E-state index >= 15 is 0 Å². The van der Waals surface area contributed by atoms with Crippen molar-refractivity contribution < 1.29 is 14.9 Å². The molecule has 0 saturated heterocycles. The molecule has 4 heteroatoms. The molecule has 0 unspecified atom stereocenters. The first-order valence-electron chi connectivity index (χ1n) is 4.17. The Morgan fingerprint density at radius 3 is 2.92 bits per heavy atom. The maximum Gasteiger partial charge on any atom is 0.218 e. The molecule has 2 N–H and O–H groups in total. The predicted octanol–water partition coefficient (Wildman–Crippen LogP) is 0.335. The van der Waals surface area contributed by atoms with Crippen LogP contribution in [0.2, 0.25) is 0 Å². The van der Waals surface area contributed by atoms with Gasteiger partial charge in [0.25, 0.3) is 0 Å². The van der Waals surface area contributed by atoms with E-state index < -0.39 is 0 Å². The highest BCUT2D eigenvalue weighted by atomic mass is 16.5. The lowest BCUT2D eigenvalue weighted by Gasteiger charge is -2.06. The van der Waals surface area contributed by atoms with Crippen LogP contribution in [-0.4, -0.2) is 28.4 Å². The maximum atomic E-state index is 8.91. The van der Waals surface area contributed by atoms with Crippen molar-refractivity contribution in [3.63, 3.8) is 0 Å². The van der Waals surface area contributed by atoms with Crippen molar-refractivity contribution in [2.45, 2.75) is 13.0 Å². The Bertz CT molecular complexity index is 252. The molecule has 0 saturated carbocycles. The molecule has 13 heavy (non-hydrogen) atoms. The van der Waals surface area contributed by atoms with Crippen LogP contribution in [0.3, 0.4) is 0 Å². The standard InChI is InChI=1S/C9H13NO3/c11-5-2-6-13-9-8(7-12)3-1-4-10-9/h1,3-4,11-12H,2,5-7H2. The van der Waals surface area contributed by atoms with Gasteiger partial charge in [0.1, 0.15) is 0 Å². The third-order valence-corrected chi connectivity index (χ3v) is 1.56. The summed E-state index contributed by atoms with van der Waals surface area (Å²) in [4.78, 5) is 3.96. The molecule has 4 nitrogen and oxygen atoms in total. The number of aromatic nitrogens is 1. The van der Waals surface area contributed by atoms with E-state index in [-0.39, 0.29) is 13.2 Å². The van der Waals surface area contributed by atoms with Gasteiger partial charge >= 0.3 is 0 Å². The zero-order chi connectivity index (χ0) is 9.52. The normalized spacial score (nSPS) is 10.0. The quantitative estimate of drug-likeness (QED) is 0.646. The fourth-order valence-corrected chi connectivity index (χ4v) is 0.908. The van der Waals surface area contributed by atoms with Crippen LogP contribution in [0.5, 0.6) is 5.88 Å². The van der Waals surface area contributed by atoms with E-state index in [9.17, 15) is 0 Å². The summed E-state index contributed by atoms with van der Waals surface area (Å²) in [5.74, 6) is 0.443. The van der Waals surface area contributed by atoms with Gasteiger partial charge in [0, 0.05) is 24.8 Å². The Labute approximate surface area is 76.8 Å². The number of pyridine rings is 1. The van der Waals surface area contributed by atoms with E-state index in [1.54, 1.807) is 18.3 Å². The third kappa shape index (κ3) is 3.01. The van der Waals surface area contributed by atoms with Gasteiger partial charge in [-0.3, -0.25) is 0 Å². The number of hydrogen-bond donors (Lipinski definition) is 2. The number of nitrogens with zero attached hydrogens (tertiary/aromatic N) is 1. The highest BCUT2D eigenvalue weighted by molar-refractivity contribution is 5.24. The minimum absolute atomic E-state index is 0.0811. The summed E-state index contributed by atoms with van der Waals surface area (Å²) < 4.78 is 5.24. The average Bonchev–Trinajstić information content (AvgIpc) is 2.19. The van der Waals surface area contributed by atoms with Crippen LogP contribution in [0.4, 0.5) is 0 Å². The van der Waals surface area contributed by atoms with Gasteiger partial charge in [-0.2, -0.15) is 0 Å². The zero-order valence-electron chi connectivity index (χ0n) is 7.31. The first-order chi connectivity index (χ1) is 6.38. The van der Waals surface area contributed by atoms with Crippen molar-refractivity contribution in [1.29, 1.82) is 0 Å². The summed E-state index contributed by atoms with van der Waals surface area (Å²) in [7, 11) is 0. The van der Waals surface area contributed by atoms with E-state index in [2.05, 4.69) is 4.98 Å². The number of rotatable bonds is 5. The lowest BCUT2D eigenvalue weighted by Crippen LogP contribution is -2.03. The van der Waals surface area contributed by atoms with Crippen molar-refractivity contribution >= 4 is 0 Å². The molecule has 1 aromatic rings. The Balaban J connectivity index is 2.54. The van der Waals surface area contributed by atoms with E-state index in [1.807, 2.05) is 0 Å². The maximum absolute atomic E-state index is 8.91. The molecule has 0 bridgehead atoms. The Morgan fingerprint density at radius 1 is 1.38 bits per heavy atom. The van der Waals surface area contributed by atoms with Crippen LogP contribution in [0.15, 0.2) is 18.3 Å². The zero-order valence-corrected chi connectivity index (χ0v) is 7.31. The summed E-state index contributed by atoms with van der Waals surface area (Å²) in [6.07, 6.45) is 2.18. The SMILES string of the molecule is OCCCOc1ncccc1CO.